The maximum absolute atomic E-state index is 10.3. The summed E-state index contributed by atoms with van der Waals surface area (Å²) in [5.74, 6) is 0. The van der Waals surface area contributed by atoms with Crippen molar-refractivity contribution in [1.82, 2.24) is 9.88 Å². The van der Waals surface area contributed by atoms with Crippen LogP contribution in [-0.2, 0) is 6.42 Å². The van der Waals surface area contributed by atoms with E-state index in [2.05, 4.69) is 22.2 Å². The van der Waals surface area contributed by atoms with Gasteiger partial charge in [0.05, 0.1) is 11.8 Å². The summed E-state index contributed by atoms with van der Waals surface area (Å²) in [4.78, 5) is 9.36. The van der Waals surface area contributed by atoms with E-state index in [1.807, 2.05) is 30.3 Å². The molecule has 0 amide bonds. The number of likely N-dealkylation sites (N-methyl/N-ethyl adjacent to an activating group) is 1. The number of aliphatic hydroxyl groups excluding tert-OH is 1. The Morgan fingerprint density at radius 1 is 1.19 bits per heavy atom. The average Bonchev–Trinajstić information content (AvgIpc) is 2.97. The number of piperazine rings is 1. The fraction of sp³-hybridized carbons (Fsp3) is 0.438. The van der Waals surface area contributed by atoms with Crippen LogP contribution >= 0.6 is 11.3 Å². The van der Waals surface area contributed by atoms with Gasteiger partial charge in [-0.05, 0) is 12.6 Å². The SMILES string of the molecule is CN1CCN(c2nc(CC(O)c3ccccc3)cs2)CC1. The van der Waals surface area contributed by atoms with E-state index in [0.29, 0.717) is 6.42 Å². The van der Waals surface area contributed by atoms with Crippen LogP contribution in [0, 0.1) is 0 Å². The van der Waals surface area contributed by atoms with Crippen molar-refractivity contribution in [1.29, 1.82) is 0 Å². The molecule has 1 fully saturated rings. The van der Waals surface area contributed by atoms with Gasteiger partial charge >= 0.3 is 0 Å². The lowest BCUT2D eigenvalue weighted by Gasteiger charge is -2.32. The zero-order valence-electron chi connectivity index (χ0n) is 12.3. The number of thiazole rings is 1. The van der Waals surface area contributed by atoms with E-state index in [0.717, 1.165) is 42.6 Å². The second-order valence-electron chi connectivity index (χ2n) is 5.54. The minimum Gasteiger partial charge on any atom is -0.388 e. The number of hydrogen-bond donors (Lipinski definition) is 1. The summed E-state index contributed by atoms with van der Waals surface area (Å²) in [6, 6.07) is 9.78. The molecule has 1 aromatic heterocycles. The van der Waals surface area contributed by atoms with Gasteiger partial charge in [-0.25, -0.2) is 4.98 Å². The van der Waals surface area contributed by atoms with Gasteiger partial charge in [0.15, 0.2) is 5.13 Å². The number of aliphatic hydroxyl groups is 1. The van der Waals surface area contributed by atoms with E-state index in [1.54, 1.807) is 11.3 Å². The van der Waals surface area contributed by atoms with Gasteiger partial charge in [0.25, 0.3) is 0 Å². The number of nitrogens with zero attached hydrogens (tertiary/aromatic N) is 3. The van der Waals surface area contributed by atoms with Crippen molar-refractivity contribution in [2.45, 2.75) is 12.5 Å². The van der Waals surface area contributed by atoms with Gasteiger partial charge in [-0.1, -0.05) is 30.3 Å². The molecule has 2 heterocycles. The maximum atomic E-state index is 10.3. The van der Waals surface area contributed by atoms with Gasteiger partial charge in [0, 0.05) is 38.0 Å². The summed E-state index contributed by atoms with van der Waals surface area (Å²) in [7, 11) is 2.15. The zero-order chi connectivity index (χ0) is 14.7. The zero-order valence-corrected chi connectivity index (χ0v) is 13.1. The highest BCUT2D eigenvalue weighted by Crippen LogP contribution is 2.25. The Labute approximate surface area is 129 Å². The van der Waals surface area contributed by atoms with Crippen LogP contribution < -0.4 is 4.90 Å². The van der Waals surface area contributed by atoms with Crippen molar-refractivity contribution in [3.05, 3.63) is 47.0 Å². The molecule has 0 bridgehead atoms. The maximum Gasteiger partial charge on any atom is 0.185 e. The fourth-order valence-corrected chi connectivity index (χ4v) is 3.42. The van der Waals surface area contributed by atoms with E-state index in [9.17, 15) is 5.11 Å². The molecule has 0 saturated carbocycles. The molecule has 1 unspecified atom stereocenters. The van der Waals surface area contributed by atoms with Crippen LogP contribution in [0.25, 0.3) is 0 Å². The van der Waals surface area contributed by atoms with Gasteiger partial charge in [-0.3, -0.25) is 0 Å². The van der Waals surface area contributed by atoms with Crippen LogP contribution in [0.1, 0.15) is 17.4 Å². The van der Waals surface area contributed by atoms with Crippen LogP contribution in [0.5, 0.6) is 0 Å². The van der Waals surface area contributed by atoms with E-state index in [-0.39, 0.29) is 0 Å². The van der Waals surface area contributed by atoms with Crippen molar-refractivity contribution in [2.75, 3.05) is 38.1 Å². The molecular formula is C16H21N3OS. The van der Waals surface area contributed by atoms with Crippen molar-refractivity contribution >= 4 is 16.5 Å². The topological polar surface area (TPSA) is 39.6 Å². The lowest BCUT2D eigenvalue weighted by atomic mass is 10.1. The smallest absolute Gasteiger partial charge is 0.185 e. The summed E-state index contributed by atoms with van der Waals surface area (Å²) in [5, 5.41) is 13.4. The minimum absolute atomic E-state index is 0.478. The van der Waals surface area contributed by atoms with Gasteiger partial charge in [0.1, 0.15) is 0 Å². The molecule has 0 radical (unpaired) electrons. The number of anilines is 1. The Hall–Kier alpha value is -1.43. The highest BCUT2D eigenvalue weighted by Gasteiger charge is 2.18. The van der Waals surface area contributed by atoms with Crippen molar-refractivity contribution in [3.8, 4) is 0 Å². The highest BCUT2D eigenvalue weighted by molar-refractivity contribution is 7.13. The third-order valence-corrected chi connectivity index (χ3v) is 4.85. The number of rotatable bonds is 4. The molecule has 1 saturated heterocycles. The summed E-state index contributed by atoms with van der Waals surface area (Å²) in [5.41, 5.74) is 1.93. The Balaban J connectivity index is 1.63. The first-order valence-corrected chi connectivity index (χ1v) is 8.21. The number of aromatic nitrogens is 1. The molecule has 1 aliphatic heterocycles. The molecule has 4 nitrogen and oxygen atoms in total. The third kappa shape index (κ3) is 3.61. The summed E-state index contributed by atoms with van der Waals surface area (Å²) in [6.45, 7) is 4.23. The van der Waals surface area contributed by atoms with Crippen LogP contribution in [0.3, 0.4) is 0 Å². The Morgan fingerprint density at radius 3 is 2.62 bits per heavy atom. The predicted molar refractivity (Wildman–Crippen MR) is 86.9 cm³/mol. The van der Waals surface area contributed by atoms with E-state index < -0.39 is 6.10 Å². The Bertz CT molecular complexity index is 564. The molecule has 2 aromatic rings. The van der Waals surface area contributed by atoms with Gasteiger partial charge in [-0.2, -0.15) is 0 Å². The molecule has 1 atom stereocenters. The van der Waals surface area contributed by atoms with Crippen molar-refractivity contribution < 1.29 is 5.11 Å². The molecule has 21 heavy (non-hydrogen) atoms. The largest absolute Gasteiger partial charge is 0.388 e. The van der Waals surface area contributed by atoms with Crippen LogP contribution in [0.15, 0.2) is 35.7 Å². The normalized spacial score (nSPS) is 17.9. The lowest BCUT2D eigenvalue weighted by Crippen LogP contribution is -2.44. The first-order chi connectivity index (χ1) is 10.2. The molecular weight excluding hydrogens is 282 g/mol. The molecule has 5 heteroatoms. The quantitative estimate of drug-likeness (QED) is 0.940. The van der Waals surface area contributed by atoms with E-state index in [1.165, 1.54) is 0 Å². The number of hydrogen-bond acceptors (Lipinski definition) is 5. The minimum atomic E-state index is -0.478. The summed E-state index contributed by atoms with van der Waals surface area (Å²) >= 11 is 1.68. The van der Waals surface area contributed by atoms with Crippen LogP contribution in [-0.4, -0.2) is 48.2 Å². The first-order valence-electron chi connectivity index (χ1n) is 7.33. The lowest BCUT2D eigenvalue weighted by molar-refractivity contribution is 0.177. The molecule has 1 aliphatic rings. The standard InChI is InChI=1S/C16H21N3OS/c1-18-7-9-19(10-8-18)16-17-14(12-21-16)11-15(20)13-5-3-2-4-6-13/h2-6,12,15,20H,7-11H2,1H3. The first kappa shape index (κ1) is 14.5. The van der Waals surface area contributed by atoms with Gasteiger partial charge < -0.3 is 14.9 Å². The summed E-state index contributed by atoms with van der Waals surface area (Å²) in [6.07, 6.45) is 0.0995. The molecule has 0 aliphatic carbocycles. The Kier molecular flexibility index (Phi) is 4.53. The second kappa shape index (κ2) is 6.56. The van der Waals surface area contributed by atoms with E-state index >= 15 is 0 Å². The highest BCUT2D eigenvalue weighted by atomic mass is 32.1. The second-order valence-corrected chi connectivity index (χ2v) is 6.38. The molecule has 1 N–H and O–H groups in total. The predicted octanol–water partition coefficient (Wildman–Crippen LogP) is 2.17. The molecule has 112 valence electrons. The third-order valence-electron chi connectivity index (χ3n) is 3.90. The Morgan fingerprint density at radius 2 is 1.90 bits per heavy atom. The monoisotopic (exact) mass is 303 g/mol. The molecule has 3 rings (SSSR count). The van der Waals surface area contributed by atoms with Crippen molar-refractivity contribution in [3.63, 3.8) is 0 Å². The van der Waals surface area contributed by atoms with E-state index in [4.69, 9.17) is 4.98 Å². The van der Waals surface area contributed by atoms with Crippen LogP contribution in [0.2, 0.25) is 0 Å². The fourth-order valence-electron chi connectivity index (χ4n) is 2.52. The molecule has 1 aromatic carbocycles. The average molecular weight is 303 g/mol. The summed E-state index contributed by atoms with van der Waals surface area (Å²) < 4.78 is 0. The molecule has 0 spiro atoms. The van der Waals surface area contributed by atoms with Gasteiger partial charge in [-0.15, -0.1) is 11.3 Å². The van der Waals surface area contributed by atoms with Crippen molar-refractivity contribution in [2.24, 2.45) is 0 Å². The van der Waals surface area contributed by atoms with Crippen LogP contribution in [0.4, 0.5) is 5.13 Å². The van der Waals surface area contributed by atoms with Gasteiger partial charge in [0.2, 0.25) is 0 Å². The number of benzene rings is 1.